The lowest BCUT2D eigenvalue weighted by molar-refractivity contribution is 0.454. The van der Waals surface area contributed by atoms with Gasteiger partial charge < -0.3 is 4.74 Å². The molecule has 23 heavy (non-hydrogen) atoms. The minimum absolute atomic E-state index is 0.324. The predicted octanol–water partition coefficient (Wildman–Crippen LogP) is 1.83. The highest BCUT2D eigenvalue weighted by Gasteiger charge is 2.04. The summed E-state index contributed by atoms with van der Waals surface area (Å²) in [5.74, 6) is 1.42. The van der Waals surface area contributed by atoms with Crippen molar-refractivity contribution in [1.82, 2.24) is 20.0 Å². The summed E-state index contributed by atoms with van der Waals surface area (Å²) in [6.45, 7) is 0. The zero-order chi connectivity index (χ0) is 16.3. The lowest BCUT2D eigenvalue weighted by Gasteiger charge is -2.07. The molecule has 8 nitrogen and oxygen atoms in total. The first-order valence-electron chi connectivity index (χ1n) is 6.59. The minimum atomic E-state index is -3.30. The molecule has 0 bridgehead atoms. The summed E-state index contributed by atoms with van der Waals surface area (Å²) < 4.78 is 31.8. The van der Waals surface area contributed by atoms with Crippen LogP contribution in [0.15, 0.2) is 54.9 Å². The second kappa shape index (κ2) is 6.05. The molecule has 2 aromatic heterocycles. The highest BCUT2D eigenvalue weighted by atomic mass is 32.2. The van der Waals surface area contributed by atoms with Crippen molar-refractivity contribution in [2.24, 2.45) is 0 Å². The molecular formula is C14H13N5O3S. The van der Waals surface area contributed by atoms with Crippen LogP contribution in [0.25, 0.3) is 5.82 Å². The standard InChI is InChI=1S/C14H13N5O3S/c1-23(20,21)18-11-3-5-12(6-4-11)22-14-8-7-13(16-17-14)19-10-2-9-15-19/h2-10,18H,1H3. The number of hydrogen-bond donors (Lipinski definition) is 1. The lowest BCUT2D eigenvalue weighted by atomic mass is 10.3. The van der Waals surface area contributed by atoms with E-state index in [1.165, 1.54) is 0 Å². The van der Waals surface area contributed by atoms with Crippen LogP contribution >= 0.6 is 0 Å². The van der Waals surface area contributed by atoms with Crippen molar-refractivity contribution in [3.05, 3.63) is 54.9 Å². The van der Waals surface area contributed by atoms with E-state index in [4.69, 9.17) is 4.74 Å². The summed E-state index contributed by atoms with van der Waals surface area (Å²) in [6.07, 6.45) is 4.50. The van der Waals surface area contributed by atoms with E-state index in [9.17, 15) is 8.42 Å². The topological polar surface area (TPSA) is 99.0 Å². The normalized spacial score (nSPS) is 11.2. The number of nitrogens with one attached hydrogen (secondary N) is 1. The number of sulfonamides is 1. The predicted molar refractivity (Wildman–Crippen MR) is 84.1 cm³/mol. The highest BCUT2D eigenvalue weighted by molar-refractivity contribution is 7.92. The fraction of sp³-hybridized carbons (Fsp3) is 0.0714. The molecule has 1 aromatic carbocycles. The Kier molecular flexibility index (Phi) is 3.94. The molecule has 0 radical (unpaired) electrons. The van der Waals surface area contributed by atoms with Crippen LogP contribution < -0.4 is 9.46 Å². The minimum Gasteiger partial charge on any atom is -0.438 e. The monoisotopic (exact) mass is 331 g/mol. The molecule has 118 valence electrons. The lowest BCUT2D eigenvalue weighted by Crippen LogP contribution is -2.09. The van der Waals surface area contributed by atoms with Crippen LogP contribution in [0.1, 0.15) is 0 Å². The first kappa shape index (κ1) is 15.0. The third kappa shape index (κ3) is 4.04. The third-order valence-corrected chi connectivity index (χ3v) is 3.35. The Hall–Kier alpha value is -2.94. The Labute approximate surface area is 132 Å². The van der Waals surface area contributed by atoms with E-state index in [0.717, 1.165) is 6.26 Å². The van der Waals surface area contributed by atoms with Crippen molar-refractivity contribution in [2.75, 3.05) is 11.0 Å². The third-order valence-electron chi connectivity index (χ3n) is 2.75. The number of rotatable bonds is 5. The molecule has 1 N–H and O–H groups in total. The molecular weight excluding hydrogens is 318 g/mol. The van der Waals surface area contributed by atoms with Crippen LogP contribution in [0.4, 0.5) is 5.69 Å². The smallest absolute Gasteiger partial charge is 0.238 e. The molecule has 0 spiro atoms. The average Bonchev–Trinajstić information content (AvgIpc) is 3.03. The summed E-state index contributed by atoms with van der Waals surface area (Å²) in [5.41, 5.74) is 0.458. The van der Waals surface area contributed by atoms with Gasteiger partial charge in [-0.15, -0.1) is 10.2 Å². The van der Waals surface area contributed by atoms with Gasteiger partial charge in [-0.1, -0.05) is 0 Å². The molecule has 0 unspecified atom stereocenters. The first-order valence-corrected chi connectivity index (χ1v) is 8.48. The summed E-state index contributed by atoms with van der Waals surface area (Å²) in [4.78, 5) is 0. The van der Waals surface area contributed by atoms with Gasteiger partial charge in [-0.25, -0.2) is 13.1 Å². The Morgan fingerprint density at radius 1 is 1.09 bits per heavy atom. The van der Waals surface area contributed by atoms with Gasteiger partial charge in [0.15, 0.2) is 5.82 Å². The Morgan fingerprint density at radius 3 is 2.43 bits per heavy atom. The van der Waals surface area contributed by atoms with Crippen molar-refractivity contribution >= 4 is 15.7 Å². The molecule has 9 heteroatoms. The van der Waals surface area contributed by atoms with Gasteiger partial charge in [0.2, 0.25) is 15.9 Å². The molecule has 0 aliphatic rings. The molecule has 0 saturated carbocycles. The maximum absolute atomic E-state index is 11.1. The quantitative estimate of drug-likeness (QED) is 0.766. The summed E-state index contributed by atoms with van der Waals surface area (Å²) in [7, 11) is -3.30. The van der Waals surface area contributed by atoms with E-state index < -0.39 is 10.0 Å². The number of aromatic nitrogens is 4. The average molecular weight is 331 g/mol. The zero-order valence-electron chi connectivity index (χ0n) is 12.1. The highest BCUT2D eigenvalue weighted by Crippen LogP contribution is 2.21. The summed E-state index contributed by atoms with van der Waals surface area (Å²) >= 11 is 0. The molecule has 2 heterocycles. The SMILES string of the molecule is CS(=O)(=O)Nc1ccc(Oc2ccc(-n3cccn3)nn2)cc1. The van der Waals surface area contributed by atoms with Gasteiger partial charge in [-0.2, -0.15) is 5.10 Å². The van der Waals surface area contributed by atoms with Gasteiger partial charge in [0.05, 0.1) is 6.26 Å². The Morgan fingerprint density at radius 2 is 1.87 bits per heavy atom. The first-order chi connectivity index (χ1) is 11.0. The fourth-order valence-corrected chi connectivity index (χ4v) is 2.38. The van der Waals surface area contributed by atoms with Crippen molar-refractivity contribution in [3.8, 4) is 17.4 Å². The molecule has 0 aliphatic heterocycles. The number of anilines is 1. The Balaban J connectivity index is 1.69. The van der Waals surface area contributed by atoms with Crippen LogP contribution in [0.3, 0.4) is 0 Å². The second-order valence-corrected chi connectivity index (χ2v) is 6.43. The van der Waals surface area contributed by atoms with E-state index in [1.54, 1.807) is 59.5 Å². The van der Waals surface area contributed by atoms with Gasteiger partial charge in [0, 0.05) is 24.1 Å². The van der Waals surface area contributed by atoms with E-state index in [-0.39, 0.29) is 0 Å². The van der Waals surface area contributed by atoms with E-state index >= 15 is 0 Å². The van der Waals surface area contributed by atoms with Gasteiger partial charge in [-0.3, -0.25) is 4.72 Å². The van der Waals surface area contributed by atoms with Crippen LogP contribution in [0, 0.1) is 0 Å². The Bertz CT molecular complexity index is 875. The van der Waals surface area contributed by atoms with E-state index in [0.29, 0.717) is 23.1 Å². The van der Waals surface area contributed by atoms with Crippen LogP contribution in [0.2, 0.25) is 0 Å². The van der Waals surface area contributed by atoms with Crippen molar-refractivity contribution in [3.63, 3.8) is 0 Å². The van der Waals surface area contributed by atoms with Gasteiger partial charge in [0.1, 0.15) is 5.75 Å². The van der Waals surface area contributed by atoms with Gasteiger partial charge in [-0.05, 0) is 36.4 Å². The molecule has 0 amide bonds. The van der Waals surface area contributed by atoms with Crippen LogP contribution in [0.5, 0.6) is 11.6 Å². The molecule has 0 saturated heterocycles. The fourth-order valence-electron chi connectivity index (χ4n) is 1.82. The number of ether oxygens (including phenoxy) is 1. The second-order valence-electron chi connectivity index (χ2n) is 4.68. The molecule has 0 fully saturated rings. The zero-order valence-corrected chi connectivity index (χ0v) is 12.9. The van der Waals surface area contributed by atoms with Crippen molar-refractivity contribution in [1.29, 1.82) is 0 Å². The van der Waals surface area contributed by atoms with E-state index in [2.05, 4.69) is 20.0 Å². The maximum atomic E-state index is 11.1. The molecule has 0 aliphatic carbocycles. The summed E-state index contributed by atoms with van der Waals surface area (Å²) in [6, 6.07) is 11.7. The molecule has 3 rings (SSSR count). The van der Waals surface area contributed by atoms with E-state index in [1.807, 2.05) is 0 Å². The maximum Gasteiger partial charge on any atom is 0.238 e. The van der Waals surface area contributed by atoms with Crippen LogP contribution in [-0.2, 0) is 10.0 Å². The number of benzene rings is 1. The summed E-state index contributed by atoms with van der Waals surface area (Å²) in [5, 5.41) is 12.0. The molecule has 3 aromatic rings. The van der Waals surface area contributed by atoms with Crippen molar-refractivity contribution in [2.45, 2.75) is 0 Å². The van der Waals surface area contributed by atoms with Gasteiger partial charge >= 0.3 is 0 Å². The van der Waals surface area contributed by atoms with Gasteiger partial charge in [0.25, 0.3) is 0 Å². The van der Waals surface area contributed by atoms with Crippen LogP contribution in [-0.4, -0.2) is 34.7 Å². The number of hydrogen-bond acceptors (Lipinski definition) is 6. The number of nitrogens with zero attached hydrogens (tertiary/aromatic N) is 4. The van der Waals surface area contributed by atoms with Crippen molar-refractivity contribution < 1.29 is 13.2 Å². The largest absolute Gasteiger partial charge is 0.438 e. The molecule has 0 atom stereocenters.